The second-order valence-corrected chi connectivity index (χ2v) is 6.18. The van der Waals surface area contributed by atoms with Gasteiger partial charge in [0, 0.05) is 25.7 Å². The molecule has 132 valence electrons. The van der Waals surface area contributed by atoms with Crippen LogP contribution < -0.4 is 4.90 Å². The van der Waals surface area contributed by atoms with E-state index in [-0.39, 0.29) is 22.4 Å². The summed E-state index contributed by atoms with van der Waals surface area (Å²) in [4.78, 5) is 26.5. The molecular formula is C15H20ClN3O5. The minimum Gasteiger partial charge on any atom is -0.465 e. The third-order valence-corrected chi connectivity index (χ3v) is 4.03. The van der Waals surface area contributed by atoms with E-state index in [0.717, 1.165) is 0 Å². The number of methoxy groups -OCH3 is 1. The Hall–Kier alpha value is -1.90. The lowest BCUT2D eigenvalue weighted by molar-refractivity contribution is -0.384. The summed E-state index contributed by atoms with van der Waals surface area (Å²) in [6.07, 6.45) is -0.0626. The standard InChI is InChI=1S/C15H20ClN3O5/c1-17(2)8-10-9-18(4-5-24-10)13-7-12(16)11(15(20)23-3)6-14(13)19(21)22/h6-7,10H,4-5,8-9H2,1-3H3. The fourth-order valence-electron chi connectivity index (χ4n) is 2.67. The summed E-state index contributed by atoms with van der Waals surface area (Å²) in [5, 5.41) is 11.6. The van der Waals surface area contributed by atoms with Crippen molar-refractivity contribution in [2.75, 3.05) is 52.3 Å². The first kappa shape index (κ1) is 18.4. The van der Waals surface area contributed by atoms with E-state index in [2.05, 4.69) is 4.74 Å². The number of anilines is 1. The molecule has 2 rings (SSSR count). The number of likely N-dealkylation sites (N-methyl/N-ethyl adjacent to an activating group) is 1. The number of nitrogens with zero attached hydrogens (tertiary/aromatic N) is 3. The van der Waals surface area contributed by atoms with Crippen LogP contribution in [0.2, 0.25) is 5.02 Å². The van der Waals surface area contributed by atoms with Crippen LogP contribution in [0.5, 0.6) is 0 Å². The molecule has 9 heteroatoms. The number of carbonyl (C=O) groups excluding carboxylic acids is 1. The number of benzene rings is 1. The van der Waals surface area contributed by atoms with Crippen LogP contribution in [0.1, 0.15) is 10.4 Å². The number of nitro benzene ring substituents is 1. The highest BCUT2D eigenvalue weighted by Crippen LogP contribution is 2.35. The molecule has 0 amide bonds. The van der Waals surface area contributed by atoms with E-state index in [4.69, 9.17) is 16.3 Å². The summed E-state index contributed by atoms with van der Waals surface area (Å²) < 4.78 is 10.3. The normalized spacial score (nSPS) is 17.9. The Morgan fingerprint density at radius 2 is 2.25 bits per heavy atom. The molecule has 0 bridgehead atoms. The third kappa shape index (κ3) is 4.14. The summed E-state index contributed by atoms with van der Waals surface area (Å²) in [7, 11) is 5.08. The maximum Gasteiger partial charge on any atom is 0.339 e. The lowest BCUT2D eigenvalue weighted by atomic mass is 10.1. The predicted octanol–water partition coefficient (Wildman–Crippen LogP) is 1.80. The molecule has 0 spiro atoms. The first-order valence-corrected chi connectivity index (χ1v) is 7.78. The van der Waals surface area contributed by atoms with E-state index < -0.39 is 10.9 Å². The molecule has 1 fully saturated rings. The smallest absolute Gasteiger partial charge is 0.339 e. The number of morpholine rings is 1. The summed E-state index contributed by atoms with van der Waals surface area (Å²) in [5.41, 5.74) is 0.183. The monoisotopic (exact) mass is 357 g/mol. The van der Waals surface area contributed by atoms with Crippen molar-refractivity contribution in [3.8, 4) is 0 Å². The number of rotatable bonds is 5. The van der Waals surface area contributed by atoms with Gasteiger partial charge in [0.25, 0.3) is 5.69 Å². The first-order valence-electron chi connectivity index (χ1n) is 7.41. The molecule has 0 radical (unpaired) electrons. The highest BCUT2D eigenvalue weighted by atomic mass is 35.5. The molecule has 8 nitrogen and oxygen atoms in total. The average molecular weight is 358 g/mol. The van der Waals surface area contributed by atoms with Crippen molar-refractivity contribution in [1.82, 2.24) is 4.90 Å². The molecule has 1 heterocycles. The van der Waals surface area contributed by atoms with Gasteiger partial charge in [0.2, 0.25) is 0 Å². The summed E-state index contributed by atoms with van der Waals surface area (Å²) >= 11 is 6.13. The van der Waals surface area contributed by atoms with Gasteiger partial charge in [-0.1, -0.05) is 11.6 Å². The summed E-state index contributed by atoms with van der Waals surface area (Å²) in [6, 6.07) is 2.61. The number of halogens is 1. The minimum absolute atomic E-state index is 0.0206. The second kappa shape index (κ2) is 7.78. The number of hydrogen-bond acceptors (Lipinski definition) is 7. The van der Waals surface area contributed by atoms with Crippen molar-refractivity contribution in [1.29, 1.82) is 0 Å². The lowest BCUT2D eigenvalue weighted by Gasteiger charge is -2.35. The van der Waals surface area contributed by atoms with Crippen molar-refractivity contribution < 1.29 is 19.2 Å². The molecule has 1 atom stereocenters. The van der Waals surface area contributed by atoms with Gasteiger partial charge in [0.15, 0.2) is 0 Å². The van der Waals surface area contributed by atoms with Crippen LogP contribution in [0.4, 0.5) is 11.4 Å². The van der Waals surface area contributed by atoms with Crippen LogP contribution in [0.25, 0.3) is 0 Å². The Bertz CT molecular complexity index is 638. The number of esters is 1. The number of nitro groups is 1. The van der Waals surface area contributed by atoms with Gasteiger partial charge in [-0.3, -0.25) is 10.1 Å². The van der Waals surface area contributed by atoms with E-state index in [0.29, 0.717) is 31.9 Å². The Balaban J connectivity index is 2.36. The van der Waals surface area contributed by atoms with Gasteiger partial charge < -0.3 is 19.3 Å². The molecule has 0 aromatic heterocycles. The molecule has 1 unspecified atom stereocenters. The molecule has 0 N–H and O–H groups in total. The maximum absolute atomic E-state index is 11.7. The van der Waals surface area contributed by atoms with Gasteiger partial charge in [-0.25, -0.2) is 4.79 Å². The van der Waals surface area contributed by atoms with Crippen molar-refractivity contribution in [2.24, 2.45) is 0 Å². The van der Waals surface area contributed by atoms with Crippen LogP contribution in [-0.4, -0.2) is 69.3 Å². The molecule has 1 aliphatic rings. The highest BCUT2D eigenvalue weighted by molar-refractivity contribution is 6.34. The van der Waals surface area contributed by atoms with Crippen molar-refractivity contribution in [3.63, 3.8) is 0 Å². The van der Waals surface area contributed by atoms with Crippen LogP contribution in [0.15, 0.2) is 12.1 Å². The zero-order chi connectivity index (χ0) is 17.9. The maximum atomic E-state index is 11.7. The van der Waals surface area contributed by atoms with E-state index in [9.17, 15) is 14.9 Å². The van der Waals surface area contributed by atoms with Gasteiger partial charge in [-0.2, -0.15) is 0 Å². The largest absolute Gasteiger partial charge is 0.465 e. The zero-order valence-corrected chi connectivity index (χ0v) is 14.6. The number of ether oxygens (including phenoxy) is 2. The van der Waals surface area contributed by atoms with E-state index in [1.165, 1.54) is 19.2 Å². The second-order valence-electron chi connectivity index (χ2n) is 5.77. The molecule has 0 aliphatic carbocycles. The van der Waals surface area contributed by atoms with E-state index in [1.54, 1.807) is 0 Å². The average Bonchev–Trinajstić information content (AvgIpc) is 2.53. The number of carbonyl (C=O) groups is 1. The number of hydrogen-bond donors (Lipinski definition) is 0. The predicted molar refractivity (Wildman–Crippen MR) is 90.0 cm³/mol. The van der Waals surface area contributed by atoms with Crippen LogP contribution in [0.3, 0.4) is 0 Å². The minimum atomic E-state index is -0.706. The molecule has 1 aromatic carbocycles. The lowest BCUT2D eigenvalue weighted by Crippen LogP contribution is -2.46. The molecule has 1 aliphatic heterocycles. The van der Waals surface area contributed by atoms with Gasteiger partial charge >= 0.3 is 5.97 Å². The third-order valence-electron chi connectivity index (χ3n) is 3.71. The van der Waals surface area contributed by atoms with E-state index >= 15 is 0 Å². The quantitative estimate of drug-likeness (QED) is 0.451. The summed E-state index contributed by atoms with van der Waals surface area (Å²) in [6.45, 7) is 2.19. The van der Waals surface area contributed by atoms with Crippen molar-refractivity contribution >= 4 is 28.9 Å². The fraction of sp³-hybridized carbons (Fsp3) is 0.533. The van der Waals surface area contributed by atoms with Gasteiger partial charge in [0.05, 0.1) is 35.3 Å². The Kier molecular flexibility index (Phi) is 5.98. The van der Waals surface area contributed by atoms with Crippen LogP contribution in [-0.2, 0) is 9.47 Å². The Morgan fingerprint density at radius 3 is 2.83 bits per heavy atom. The van der Waals surface area contributed by atoms with Gasteiger partial charge in [-0.05, 0) is 20.2 Å². The zero-order valence-electron chi connectivity index (χ0n) is 13.8. The highest BCUT2D eigenvalue weighted by Gasteiger charge is 2.29. The van der Waals surface area contributed by atoms with Crippen LogP contribution >= 0.6 is 11.6 Å². The van der Waals surface area contributed by atoms with Gasteiger partial charge in [0.1, 0.15) is 5.69 Å². The SMILES string of the molecule is COC(=O)c1cc([N+](=O)[O-])c(N2CCOC(CN(C)C)C2)cc1Cl. The van der Waals surface area contributed by atoms with Crippen molar-refractivity contribution in [2.45, 2.75) is 6.10 Å². The van der Waals surface area contributed by atoms with Gasteiger partial charge in [-0.15, -0.1) is 0 Å². The van der Waals surface area contributed by atoms with Crippen molar-refractivity contribution in [3.05, 3.63) is 32.8 Å². The topological polar surface area (TPSA) is 85.1 Å². The first-order chi connectivity index (χ1) is 11.3. The molecule has 1 saturated heterocycles. The molecule has 24 heavy (non-hydrogen) atoms. The molecule has 0 saturated carbocycles. The van der Waals surface area contributed by atoms with Crippen LogP contribution in [0, 0.1) is 10.1 Å². The molecular weight excluding hydrogens is 338 g/mol. The van der Waals surface area contributed by atoms with E-state index in [1.807, 2.05) is 23.9 Å². The molecule has 1 aromatic rings. The summed E-state index contributed by atoms with van der Waals surface area (Å²) in [5.74, 6) is -0.706. The Morgan fingerprint density at radius 1 is 1.54 bits per heavy atom. The fourth-order valence-corrected chi connectivity index (χ4v) is 2.91. The Labute approximate surface area is 145 Å².